The summed E-state index contributed by atoms with van der Waals surface area (Å²) < 4.78 is 5.35. The maximum absolute atomic E-state index is 5.35. The number of ether oxygens (including phenoxy) is 1. The van der Waals surface area contributed by atoms with Crippen LogP contribution in [0.3, 0.4) is 0 Å². The van der Waals surface area contributed by atoms with E-state index in [9.17, 15) is 0 Å². The number of hydrogen-bond acceptors (Lipinski definition) is 3. The first-order valence-corrected chi connectivity index (χ1v) is 3.65. The van der Waals surface area contributed by atoms with Crippen LogP contribution in [0.15, 0.2) is 12.4 Å². The fourth-order valence-electron chi connectivity index (χ4n) is 0.824. The smallest absolute Gasteiger partial charge is 0.0827 e. The number of aromatic amines is 1. The van der Waals surface area contributed by atoms with Gasteiger partial charge in [0, 0.05) is 18.3 Å². The summed E-state index contributed by atoms with van der Waals surface area (Å²) in [6.07, 6.45) is 3.65. The van der Waals surface area contributed by atoms with Crippen LogP contribution in [0.1, 0.15) is 18.6 Å². The van der Waals surface area contributed by atoms with Crippen molar-refractivity contribution in [1.29, 1.82) is 0 Å². The van der Waals surface area contributed by atoms with E-state index in [1.54, 1.807) is 6.20 Å². The summed E-state index contributed by atoms with van der Waals surface area (Å²) >= 11 is 0. The van der Waals surface area contributed by atoms with Crippen LogP contribution in [-0.4, -0.2) is 23.3 Å². The van der Waals surface area contributed by atoms with E-state index in [4.69, 9.17) is 10.5 Å². The van der Waals surface area contributed by atoms with Gasteiger partial charge in [0.1, 0.15) is 0 Å². The Morgan fingerprint density at radius 1 is 1.82 bits per heavy atom. The lowest BCUT2D eigenvalue weighted by molar-refractivity contribution is 0.0718. The number of rotatable bonds is 4. The summed E-state index contributed by atoms with van der Waals surface area (Å²) in [7, 11) is 0. The van der Waals surface area contributed by atoms with Crippen molar-refractivity contribution < 1.29 is 4.74 Å². The summed E-state index contributed by atoms with van der Waals surface area (Å²) in [6.45, 7) is 3.12. The zero-order valence-corrected chi connectivity index (χ0v) is 6.58. The summed E-state index contributed by atoms with van der Waals surface area (Å²) in [5.74, 6) is 0. The molecule has 0 aliphatic carbocycles. The van der Waals surface area contributed by atoms with Crippen LogP contribution in [0.25, 0.3) is 0 Å². The number of aromatic nitrogens is 2. The van der Waals surface area contributed by atoms with Gasteiger partial charge in [-0.1, -0.05) is 0 Å². The first-order chi connectivity index (χ1) is 5.34. The normalized spacial score (nSPS) is 13.3. The van der Waals surface area contributed by atoms with Crippen LogP contribution >= 0.6 is 0 Å². The molecule has 0 spiro atoms. The molecule has 62 valence electrons. The van der Waals surface area contributed by atoms with Gasteiger partial charge < -0.3 is 10.5 Å². The maximum atomic E-state index is 5.35. The van der Waals surface area contributed by atoms with Crippen molar-refractivity contribution in [3.8, 4) is 0 Å². The van der Waals surface area contributed by atoms with Gasteiger partial charge in [-0.15, -0.1) is 0 Å². The molecule has 0 amide bonds. The van der Waals surface area contributed by atoms with Crippen molar-refractivity contribution in [2.45, 2.75) is 13.0 Å². The fourth-order valence-corrected chi connectivity index (χ4v) is 0.824. The van der Waals surface area contributed by atoms with Gasteiger partial charge in [-0.25, -0.2) is 0 Å². The molecule has 1 atom stereocenters. The minimum atomic E-state index is 0.0808. The van der Waals surface area contributed by atoms with E-state index in [1.165, 1.54) is 0 Å². The molecule has 0 saturated carbocycles. The monoisotopic (exact) mass is 155 g/mol. The predicted molar refractivity (Wildman–Crippen MR) is 42.0 cm³/mol. The second kappa shape index (κ2) is 4.10. The quantitative estimate of drug-likeness (QED) is 0.663. The molecule has 3 N–H and O–H groups in total. The van der Waals surface area contributed by atoms with E-state index >= 15 is 0 Å². The molecule has 1 heterocycles. The molecule has 11 heavy (non-hydrogen) atoms. The Morgan fingerprint density at radius 3 is 3.18 bits per heavy atom. The second-order valence-electron chi connectivity index (χ2n) is 2.33. The lowest BCUT2D eigenvalue weighted by atomic mass is 10.2. The van der Waals surface area contributed by atoms with Crippen molar-refractivity contribution >= 4 is 0 Å². The largest absolute Gasteiger partial charge is 0.372 e. The molecule has 1 unspecified atom stereocenters. The Morgan fingerprint density at radius 2 is 2.64 bits per heavy atom. The van der Waals surface area contributed by atoms with Crippen molar-refractivity contribution in [1.82, 2.24) is 10.2 Å². The molecular formula is C7H13N3O. The average molecular weight is 155 g/mol. The molecule has 0 fully saturated rings. The van der Waals surface area contributed by atoms with E-state index in [-0.39, 0.29) is 6.10 Å². The van der Waals surface area contributed by atoms with E-state index in [0.717, 1.165) is 5.56 Å². The summed E-state index contributed by atoms with van der Waals surface area (Å²) in [5, 5.41) is 6.54. The molecule has 0 bridgehead atoms. The molecule has 4 nitrogen and oxygen atoms in total. The van der Waals surface area contributed by atoms with Crippen molar-refractivity contribution in [3.63, 3.8) is 0 Å². The van der Waals surface area contributed by atoms with Crippen LogP contribution < -0.4 is 5.73 Å². The second-order valence-corrected chi connectivity index (χ2v) is 2.33. The number of nitrogens with two attached hydrogens (primary N) is 1. The highest BCUT2D eigenvalue weighted by atomic mass is 16.5. The average Bonchev–Trinajstić information content (AvgIpc) is 2.52. The van der Waals surface area contributed by atoms with E-state index in [1.807, 2.05) is 13.1 Å². The Balaban J connectivity index is 2.36. The summed E-state index contributed by atoms with van der Waals surface area (Å²) in [4.78, 5) is 0. The number of nitrogens with zero attached hydrogens (tertiary/aromatic N) is 1. The van der Waals surface area contributed by atoms with Gasteiger partial charge in [-0.2, -0.15) is 5.10 Å². The summed E-state index contributed by atoms with van der Waals surface area (Å²) in [6, 6.07) is 0. The van der Waals surface area contributed by atoms with Crippen molar-refractivity contribution in [2.24, 2.45) is 5.73 Å². The van der Waals surface area contributed by atoms with Crippen LogP contribution in [0.4, 0.5) is 0 Å². The Kier molecular flexibility index (Phi) is 3.07. The topological polar surface area (TPSA) is 63.9 Å². The predicted octanol–water partition coefficient (Wildman–Crippen LogP) is 0.446. The van der Waals surface area contributed by atoms with Gasteiger partial charge in [0.15, 0.2) is 0 Å². The maximum Gasteiger partial charge on any atom is 0.0827 e. The molecule has 1 aromatic heterocycles. The minimum absolute atomic E-state index is 0.0808. The SMILES string of the molecule is CC(OCCN)c1cn[nH]c1. The van der Waals surface area contributed by atoms with Crippen molar-refractivity contribution in [2.75, 3.05) is 13.2 Å². The molecule has 0 aliphatic heterocycles. The first kappa shape index (κ1) is 8.23. The Labute approximate surface area is 65.7 Å². The zero-order chi connectivity index (χ0) is 8.10. The van der Waals surface area contributed by atoms with E-state index < -0.39 is 0 Å². The van der Waals surface area contributed by atoms with Gasteiger partial charge in [0.25, 0.3) is 0 Å². The van der Waals surface area contributed by atoms with Crippen molar-refractivity contribution in [3.05, 3.63) is 18.0 Å². The van der Waals surface area contributed by atoms with Crippen LogP contribution in [0, 0.1) is 0 Å². The lowest BCUT2D eigenvalue weighted by Crippen LogP contribution is -2.10. The lowest BCUT2D eigenvalue weighted by Gasteiger charge is -2.08. The van der Waals surface area contributed by atoms with Gasteiger partial charge in [-0.3, -0.25) is 5.10 Å². The standard InChI is InChI=1S/C7H13N3O/c1-6(11-3-2-8)7-4-9-10-5-7/h4-6H,2-3,8H2,1H3,(H,9,10). The molecule has 0 radical (unpaired) electrons. The number of nitrogens with one attached hydrogen (secondary N) is 1. The highest BCUT2D eigenvalue weighted by Gasteiger charge is 2.04. The third kappa shape index (κ3) is 2.32. The molecule has 4 heteroatoms. The Bertz CT molecular complexity index is 186. The number of hydrogen-bond donors (Lipinski definition) is 2. The molecule has 0 aliphatic rings. The highest BCUT2D eigenvalue weighted by molar-refractivity contribution is 5.05. The Hall–Kier alpha value is -0.870. The summed E-state index contributed by atoms with van der Waals surface area (Å²) in [5.41, 5.74) is 6.34. The molecule has 1 aromatic rings. The third-order valence-corrected chi connectivity index (χ3v) is 1.47. The fraction of sp³-hybridized carbons (Fsp3) is 0.571. The first-order valence-electron chi connectivity index (χ1n) is 3.65. The molecular weight excluding hydrogens is 142 g/mol. The van der Waals surface area contributed by atoms with Gasteiger partial charge in [0.2, 0.25) is 0 Å². The molecule has 0 aromatic carbocycles. The number of H-pyrrole nitrogens is 1. The minimum Gasteiger partial charge on any atom is -0.372 e. The van der Waals surface area contributed by atoms with E-state index in [0.29, 0.717) is 13.2 Å². The van der Waals surface area contributed by atoms with E-state index in [2.05, 4.69) is 10.2 Å². The van der Waals surface area contributed by atoms with Gasteiger partial charge in [0.05, 0.1) is 18.9 Å². The van der Waals surface area contributed by atoms with Gasteiger partial charge in [-0.05, 0) is 6.92 Å². The van der Waals surface area contributed by atoms with Crippen LogP contribution in [-0.2, 0) is 4.74 Å². The third-order valence-electron chi connectivity index (χ3n) is 1.47. The van der Waals surface area contributed by atoms with Gasteiger partial charge >= 0.3 is 0 Å². The van der Waals surface area contributed by atoms with Crippen LogP contribution in [0.5, 0.6) is 0 Å². The molecule has 1 rings (SSSR count). The highest BCUT2D eigenvalue weighted by Crippen LogP contribution is 2.13. The zero-order valence-electron chi connectivity index (χ0n) is 6.58. The van der Waals surface area contributed by atoms with Crippen LogP contribution in [0.2, 0.25) is 0 Å². The molecule has 0 saturated heterocycles.